The van der Waals surface area contributed by atoms with Crippen molar-refractivity contribution in [3.8, 4) is 0 Å². The SMILES string of the molecule is CN(CCCS)Cc1ccsc1. The Hall–Kier alpha value is 0.01000. The summed E-state index contributed by atoms with van der Waals surface area (Å²) in [6.07, 6.45) is 1.17. The lowest BCUT2D eigenvalue weighted by Crippen LogP contribution is -2.18. The van der Waals surface area contributed by atoms with Gasteiger partial charge in [0.15, 0.2) is 0 Å². The van der Waals surface area contributed by atoms with Gasteiger partial charge >= 0.3 is 0 Å². The Labute approximate surface area is 83.8 Å². The molecule has 0 amide bonds. The van der Waals surface area contributed by atoms with E-state index in [9.17, 15) is 0 Å². The molecule has 0 aromatic carbocycles. The number of hydrogen-bond donors (Lipinski definition) is 1. The van der Waals surface area contributed by atoms with Gasteiger partial charge in [0.05, 0.1) is 0 Å². The van der Waals surface area contributed by atoms with E-state index in [1.54, 1.807) is 11.3 Å². The maximum atomic E-state index is 4.18. The lowest BCUT2D eigenvalue weighted by molar-refractivity contribution is 0.329. The predicted molar refractivity (Wildman–Crippen MR) is 59.1 cm³/mol. The van der Waals surface area contributed by atoms with Crippen molar-refractivity contribution in [1.29, 1.82) is 0 Å². The Kier molecular flexibility index (Phi) is 4.73. The van der Waals surface area contributed by atoms with Crippen molar-refractivity contribution in [3.05, 3.63) is 22.4 Å². The van der Waals surface area contributed by atoms with Crippen LogP contribution in [0, 0.1) is 0 Å². The minimum atomic E-state index is 0.980. The molecule has 0 atom stereocenters. The zero-order valence-corrected chi connectivity index (χ0v) is 9.07. The van der Waals surface area contributed by atoms with E-state index < -0.39 is 0 Å². The molecule has 0 aliphatic rings. The van der Waals surface area contributed by atoms with E-state index in [1.165, 1.54) is 12.0 Å². The van der Waals surface area contributed by atoms with Gasteiger partial charge in [-0.3, -0.25) is 0 Å². The summed E-state index contributed by atoms with van der Waals surface area (Å²) < 4.78 is 0. The van der Waals surface area contributed by atoms with Crippen LogP contribution in [0.3, 0.4) is 0 Å². The summed E-state index contributed by atoms with van der Waals surface area (Å²) in [4.78, 5) is 2.33. The van der Waals surface area contributed by atoms with Crippen molar-refractivity contribution in [1.82, 2.24) is 4.90 Å². The molecule has 0 spiro atoms. The molecule has 68 valence electrons. The standard InChI is InChI=1S/C9H15NS2/c1-10(4-2-5-11)7-9-3-6-12-8-9/h3,6,8,11H,2,4-5,7H2,1H3. The first-order chi connectivity index (χ1) is 5.83. The Morgan fingerprint density at radius 1 is 1.58 bits per heavy atom. The summed E-state index contributed by atoms with van der Waals surface area (Å²) in [6.45, 7) is 2.20. The fourth-order valence-corrected chi connectivity index (χ4v) is 1.92. The fraction of sp³-hybridized carbons (Fsp3) is 0.556. The summed E-state index contributed by atoms with van der Waals surface area (Å²) in [5.41, 5.74) is 1.42. The summed E-state index contributed by atoms with van der Waals surface area (Å²) in [7, 11) is 2.15. The van der Waals surface area contributed by atoms with Crippen LogP contribution in [0.1, 0.15) is 12.0 Å². The topological polar surface area (TPSA) is 3.24 Å². The molecule has 12 heavy (non-hydrogen) atoms. The van der Waals surface area contributed by atoms with Crippen LogP contribution < -0.4 is 0 Å². The summed E-state index contributed by atoms with van der Waals surface area (Å²) in [5.74, 6) is 0.980. The second-order valence-electron chi connectivity index (χ2n) is 2.95. The quantitative estimate of drug-likeness (QED) is 0.716. The van der Waals surface area contributed by atoms with Gasteiger partial charge < -0.3 is 4.90 Å². The van der Waals surface area contributed by atoms with E-state index in [0.29, 0.717) is 0 Å². The normalized spacial score (nSPS) is 10.9. The van der Waals surface area contributed by atoms with Gasteiger partial charge in [-0.1, -0.05) is 0 Å². The Bertz CT molecular complexity index is 196. The molecule has 3 heteroatoms. The van der Waals surface area contributed by atoms with Gasteiger partial charge in [0.25, 0.3) is 0 Å². The molecule has 0 saturated carbocycles. The zero-order chi connectivity index (χ0) is 8.81. The van der Waals surface area contributed by atoms with Gasteiger partial charge in [0, 0.05) is 6.54 Å². The third-order valence-corrected chi connectivity index (χ3v) is 2.78. The Morgan fingerprint density at radius 2 is 2.42 bits per heavy atom. The molecule has 0 aliphatic heterocycles. The van der Waals surface area contributed by atoms with Crippen LogP contribution in [0.4, 0.5) is 0 Å². The first kappa shape index (κ1) is 10.1. The van der Waals surface area contributed by atoms with Crippen LogP contribution in [0.2, 0.25) is 0 Å². The van der Waals surface area contributed by atoms with Gasteiger partial charge in [0.1, 0.15) is 0 Å². The molecule has 1 rings (SSSR count). The highest BCUT2D eigenvalue weighted by molar-refractivity contribution is 7.80. The third kappa shape index (κ3) is 3.61. The van der Waals surface area contributed by atoms with Crippen molar-refractivity contribution in [3.63, 3.8) is 0 Å². The molecule has 0 bridgehead atoms. The molecule has 1 aromatic heterocycles. The minimum absolute atomic E-state index is 0.980. The molecule has 0 fully saturated rings. The summed E-state index contributed by atoms with van der Waals surface area (Å²) in [6, 6.07) is 2.18. The van der Waals surface area contributed by atoms with Crippen molar-refractivity contribution in [2.75, 3.05) is 19.3 Å². The van der Waals surface area contributed by atoms with Crippen LogP contribution >= 0.6 is 24.0 Å². The van der Waals surface area contributed by atoms with E-state index >= 15 is 0 Å². The van der Waals surface area contributed by atoms with Gasteiger partial charge in [-0.15, -0.1) is 0 Å². The summed E-state index contributed by atoms with van der Waals surface area (Å²) >= 11 is 5.95. The van der Waals surface area contributed by atoms with E-state index in [4.69, 9.17) is 0 Å². The van der Waals surface area contributed by atoms with Crippen LogP contribution in [0.15, 0.2) is 16.8 Å². The van der Waals surface area contributed by atoms with Crippen molar-refractivity contribution in [2.45, 2.75) is 13.0 Å². The Morgan fingerprint density at radius 3 is 3.00 bits per heavy atom. The Balaban J connectivity index is 2.22. The van der Waals surface area contributed by atoms with Gasteiger partial charge in [-0.25, -0.2) is 0 Å². The third-order valence-electron chi connectivity index (χ3n) is 1.73. The van der Waals surface area contributed by atoms with E-state index in [0.717, 1.165) is 18.8 Å². The smallest absolute Gasteiger partial charge is 0.0238 e. The van der Waals surface area contributed by atoms with Crippen molar-refractivity contribution >= 4 is 24.0 Å². The molecule has 0 radical (unpaired) electrons. The first-order valence-corrected chi connectivity index (χ1v) is 5.71. The van der Waals surface area contributed by atoms with Gasteiger partial charge in [0.2, 0.25) is 0 Å². The van der Waals surface area contributed by atoms with Crippen LogP contribution in [0.5, 0.6) is 0 Å². The van der Waals surface area contributed by atoms with E-state index in [1.807, 2.05) is 0 Å². The van der Waals surface area contributed by atoms with Crippen LogP contribution in [-0.2, 0) is 6.54 Å². The average molecular weight is 201 g/mol. The van der Waals surface area contributed by atoms with Gasteiger partial charge in [-0.2, -0.15) is 24.0 Å². The maximum absolute atomic E-state index is 4.18. The molecule has 0 aliphatic carbocycles. The predicted octanol–water partition coefficient (Wildman–Crippen LogP) is 2.50. The molecule has 0 saturated heterocycles. The summed E-state index contributed by atoms with van der Waals surface area (Å²) in [5, 5.41) is 4.33. The molecule has 0 N–H and O–H groups in total. The lowest BCUT2D eigenvalue weighted by Gasteiger charge is -2.14. The number of hydrogen-bond acceptors (Lipinski definition) is 3. The highest BCUT2D eigenvalue weighted by Crippen LogP contribution is 2.08. The first-order valence-electron chi connectivity index (χ1n) is 4.13. The number of nitrogens with zero attached hydrogens (tertiary/aromatic N) is 1. The molecular formula is C9H15NS2. The number of thiophene rings is 1. The second kappa shape index (κ2) is 5.62. The van der Waals surface area contributed by atoms with E-state index in [2.05, 4.69) is 41.4 Å². The van der Waals surface area contributed by atoms with E-state index in [-0.39, 0.29) is 0 Å². The van der Waals surface area contributed by atoms with Crippen molar-refractivity contribution in [2.24, 2.45) is 0 Å². The van der Waals surface area contributed by atoms with Crippen LogP contribution in [-0.4, -0.2) is 24.2 Å². The molecule has 1 aromatic rings. The molecule has 0 unspecified atom stereocenters. The number of rotatable bonds is 5. The van der Waals surface area contributed by atoms with Gasteiger partial charge in [-0.05, 0) is 48.2 Å². The largest absolute Gasteiger partial charge is 0.302 e. The van der Waals surface area contributed by atoms with Crippen LogP contribution in [0.25, 0.3) is 0 Å². The second-order valence-corrected chi connectivity index (χ2v) is 4.17. The molecule has 1 nitrogen and oxygen atoms in total. The molecule has 1 heterocycles. The molecular weight excluding hydrogens is 186 g/mol. The number of thiol groups is 1. The minimum Gasteiger partial charge on any atom is -0.302 e. The highest BCUT2D eigenvalue weighted by Gasteiger charge is 1.98. The lowest BCUT2D eigenvalue weighted by atomic mass is 10.3. The zero-order valence-electron chi connectivity index (χ0n) is 7.36. The van der Waals surface area contributed by atoms with Crippen molar-refractivity contribution < 1.29 is 0 Å². The highest BCUT2D eigenvalue weighted by atomic mass is 32.1. The average Bonchev–Trinajstić information content (AvgIpc) is 2.53. The fourth-order valence-electron chi connectivity index (χ4n) is 1.11. The monoisotopic (exact) mass is 201 g/mol. The maximum Gasteiger partial charge on any atom is 0.0238 e.